The number of benzene rings is 12. The third kappa shape index (κ3) is 4.98. The van der Waals surface area contributed by atoms with Gasteiger partial charge < -0.3 is 9.64 Å². The van der Waals surface area contributed by atoms with E-state index in [9.17, 15) is 0 Å². The lowest BCUT2D eigenvalue weighted by molar-refractivity contribution is 0.447. The summed E-state index contributed by atoms with van der Waals surface area (Å²) in [4.78, 5) is 2.58. The molecule has 4 aliphatic rings. The van der Waals surface area contributed by atoms with E-state index in [2.05, 4.69) is 266 Å². The Kier molecular flexibility index (Phi) is 8.05. The molecular weight excluding hydrogens is 871 g/mol. The number of rotatable bonds is 4. The Morgan fingerprint density at radius 3 is 1.17 bits per heavy atom. The molecule has 334 valence electrons. The van der Waals surface area contributed by atoms with Crippen LogP contribution in [0.4, 0.5) is 17.1 Å². The van der Waals surface area contributed by atoms with Crippen LogP contribution in [-0.2, 0) is 10.8 Å². The number of hydrogen-bond donors (Lipinski definition) is 0. The minimum atomic E-state index is -0.700. The van der Waals surface area contributed by atoms with Crippen molar-refractivity contribution in [1.82, 2.24) is 0 Å². The Morgan fingerprint density at radius 1 is 0.264 bits per heavy atom. The van der Waals surface area contributed by atoms with Crippen molar-refractivity contribution in [3.8, 4) is 56.0 Å². The fraction of sp³-hybridized carbons (Fsp3) is 0.0286. The summed E-state index contributed by atoms with van der Waals surface area (Å²) in [6.45, 7) is 0. The summed E-state index contributed by atoms with van der Waals surface area (Å²) < 4.78 is 7.35. The zero-order valence-electron chi connectivity index (χ0n) is 39.2. The van der Waals surface area contributed by atoms with Crippen molar-refractivity contribution in [3.63, 3.8) is 0 Å². The largest absolute Gasteiger partial charge is 0.455 e. The normalized spacial score (nSPS) is 14.2. The Morgan fingerprint density at radius 2 is 0.653 bits per heavy atom. The van der Waals surface area contributed by atoms with Gasteiger partial charge >= 0.3 is 0 Å². The van der Waals surface area contributed by atoms with Crippen LogP contribution in [0.15, 0.2) is 261 Å². The highest BCUT2D eigenvalue weighted by Gasteiger charge is 2.55. The molecule has 3 aliphatic carbocycles. The van der Waals surface area contributed by atoms with Gasteiger partial charge in [-0.05, 0) is 102 Å². The van der Waals surface area contributed by atoms with Crippen molar-refractivity contribution < 1.29 is 4.74 Å². The summed E-state index contributed by atoms with van der Waals surface area (Å²) >= 11 is 0. The molecule has 12 aromatic carbocycles. The zero-order chi connectivity index (χ0) is 47.1. The Balaban J connectivity index is 1.02. The molecule has 0 amide bonds. The van der Waals surface area contributed by atoms with Gasteiger partial charge in [0.25, 0.3) is 0 Å². The van der Waals surface area contributed by atoms with Crippen molar-refractivity contribution in [2.45, 2.75) is 10.8 Å². The fourth-order valence-corrected chi connectivity index (χ4v) is 13.8. The predicted molar refractivity (Wildman–Crippen MR) is 295 cm³/mol. The van der Waals surface area contributed by atoms with Gasteiger partial charge in [-0.3, -0.25) is 0 Å². The van der Waals surface area contributed by atoms with Gasteiger partial charge in [0.15, 0.2) is 0 Å². The van der Waals surface area contributed by atoms with Crippen LogP contribution in [-0.4, -0.2) is 0 Å². The van der Waals surface area contributed by atoms with Crippen LogP contribution in [0.5, 0.6) is 11.5 Å². The Bertz CT molecular complexity index is 4130. The molecule has 2 heteroatoms. The molecule has 1 aliphatic heterocycles. The summed E-state index contributed by atoms with van der Waals surface area (Å²) in [6, 6.07) is 97.2. The molecule has 72 heavy (non-hydrogen) atoms. The molecule has 0 radical (unpaired) electrons. The van der Waals surface area contributed by atoms with E-state index < -0.39 is 10.8 Å². The monoisotopic (exact) mass is 913 g/mol. The quantitative estimate of drug-likeness (QED) is 0.174. The second kappa shape index (κ2) is 14.6. The summed E-state index contributed by atoms with van der Waals surface area (Å²) in [5, 5.41) is 4.53. The Hall–Kier alpha value is -9.24. The summed E-state index contributed by atoms with van der Waals surface area (Å²) in [5.41, 5.74) is 22.2. The maximum Gasteiger partial charge on any atom is 0.140 e. The van der Waals surface area contributed by atoms with Gasteiger partial charge in [-0.15, -0.1) is 0 Å². The van der Waals surface area contributed by atoms with Crippen LogP contribution < -0.4 is 9.64 Å². The molecule has 1 heterocycles. The lowest BCUT2D eigenvalue weighted by atomic mass is 9.65. The molecular formula is C70H43NO. The minimum absolute atomic E-state index is 0.492. The highest BCUT2D eigenvalue weighted by Crippen LogP contribution is 2.68. The van der Waals surface area contributed by atoms with Crippen molar-refractivity contribution in [2.24, 2.45) is 0 Å². The molecule has 12 aromatic rings. The molecule has 2 spiro atoms. The van der Waals surface area contributed by atoms with Crippen LogP contribution in [0.2, 0.25) is 0 Å². The lowest BCUT2D eigenvalue weighted by Crippen LogP contribution is -2.32. The Labute approximate surface area is 418 Å². The maximum absolute atomic E-state index is 7.35. The van der Waals surface area contributed by atoms with Gasteiger partial charge in [0.2, 0.25) is 0 Å². The van der Waals surface area contributed by atoms with E-state index in [1.165, 1.54) is 77.9 Å². The lowest BCUT2D eigenvalue weighted by Gasteiger charge is -2.40. The molecule has 0 saturated heterocycles. The molecule has 2 nitrogen and oxygen atoms in total. The molecule has 0 fully saturated rings. The minimum Gasteiger partial charge on any atom is -0.455 e. The fourth-order valence-electron chi connectivity index (χ4n) is 13.8. The smallest absolute Gasteiger partial charge is 0.140 e. The first-order valence-corrected chi connectivity index (χ1v) is 25.1. The van der Waals surface area contributed by atoms with Crippen LogP contribution in [0.25, 0.3) is 66.1 Å². The first-order chi connectivity index (χ1) is 35.7. The first-order valence-electron chi connectivity index (χ1n) is 25.1. The van der Waals surface area contributed by atoms with Gasteiger partial charge in [-0.1, -0.05) is 237 Å². The van der Waals surface area contributed by atoms with Gasteiger partial charge in [0, 0.05) is 38.7 Å². The van der Waals surface area contributed by atoms with E-state index in [4.69, 9.17) is 4.74 Å². The highest BCUT2D eigenvalue weighted by atomic mass is 16.5. The standard InChI is InChI=1S/C70H43NO/c1-2-18-44(19-3-1)45-36-40-48(41-37-45)71(63-34-16-32-59-65(63)53-26-10-14-30-57(53)69(59)55-28-12-8-24-51(55)52-25-9-13-29-56(52)69)64-35-17-33-60-66(64)54-27-11-15-31-58(54)70(60)61-42-38-46-20-4-6-22-49(46)67(61)72-68-50-23-7-5-21-47(50)39-43-62(68)70/h1-43H. The average molecular weight is 914 g/mol. The molecule has 0 N–H and O–H groups in total. The molecule has 0 aromatic heterocycles. The third-order valence-electron chi connectivity index (χ3n) is 16.5. The predicted octanol–water partition coefficient (Wildman–Crippen LogP) is 17.9. The number of anilines is 3. The van der Waals surface area contributed by atoms with Crippen LogP contribution in [0.3, 0.4) is 0 Å². The van der Waals surface area contributed by atoms with Gasteiger partial charge in [-0.2, -0.15) is 0 Å². The molecule has 0 saturated carbocycles. The highest BCUT2D eigenvalue weighted by molar-refractivity contribution is 6.06. The summed E-state index contributed by atoms with van der Waals surface area (Å²) in [6.07, 6.45) is 0. The van der Waals surface area contributed by atoms with Crippen molar-refractivity contribution in [1.29, 1.82) is 0 Å². The zero-order valence-corrected chi connectivity index (χ0v) is 39.2. The van der Waals surface area contributed by atoms with E-state index in [1.54, 1.807) is 0 Å². The van der Waals surface area contributed by atoms with Gasteiger partial charge in [-0.25, -0.2) is 0 Å². The van der Waals surface area contributed by atoms with Crippen LogP contribution in [0, 0.1) is 0 Å². The van der Waals surface area contributed by atoms with Gasteiger partial charge in [0.05, 0.1) is 22.2 Å². The first kappa shape index (κ1) is 39.6. The SMILES string of the molecule is c1ccc(-c2ccc(N(c3cccc4c3-c3ccccc3C43c4ccccc4-c4ccccc43)c3cccc4c3-c3ccccc3C43c4ccc5ccccc5c4Oc4c3ccc3ccccc43)cc2)cc1. The maximum atomic E-state index is 7.35. The van der Waals surface area contributed by atoms with Crippen molar-refractivity contribution >= 4 is 38.6 Å². The molecule has 0 bridgehead atoms. The summed E-state index contributed by atoms with van der Waals surface area (Å²) in [5.74, 6) is 1.83. The second-order valence-corrected chi connectivity index (χ2v) is 19.8. The van der Waals surface area contributed by atoms with E-state index in [0.717, 1.165) is 61.2 Å². The number of hydrogen-bond acceptors (Lipinski definition) is 2. The molecule has 0 atom stereocenters. The second-order valence-electron chi connectivity index (χ2n) is 19.8. The van der Waals surface area contributed by atoms with E-state index in [0.29, 0.717) is 0 Å². The third-order valence-corrected chi connectivity index (χ3v) is 16.5. The van der Waals surface area contributed by atoms with Crippen molar-refractivity contribution in [2.75, 3.05) is 4.90 Å². The van der Waals surface area contributed by atoms with Gasteiger partial charge in [0.1, 0.15) is 11.5 Å². The number of ether oxygens (including phenoxy) is 1. The average Bonchev–Trinajstić information content (AvgIpc) is 4.05. The topological polar surface area (TPSA) is 12.5 Å². The van der Waals surface area contributed by atoms with E-state index in [-0.39, 0.29) is 0 Å². The molecule has 0 unspecified atom stereocenters. The van der Waals surface area contributed by atoms with E-state index in [1.807, 2.05) is 0 Å². The van der Waals surface area contributed by atoms with Crippen LogP contribution in [0.1, 0.15) is 44.5 Å². The number of nitrogens with zero attached hydrogens (tertiary/aromatic N) is 1. The summed E-state index contributed by atoms with van der Waals surface area (Å²) in [7, 11) is 0. The van der Waals surface area contributed by atoms with E-state index >= 15 is 0 Å². The van der Waals surface area contributed by atoms with Crippen molar-refractivity contribution in [3.05, 3.63) is 305 Å². The molecule has 16 rings (SSSR count). The number of fused-ring (bicyclic) bond motifs is 23. The van der Waals surface area contributed by atoms with Crippen LogP contribution >= 0.6 is 0 Å².